The summed E-state index contributed by atoms with van der Waals surface area (Å²) in [4.78, 5) is 22.9. The summed E-state index contributed by atoms with van der Waals surface area (Å²) < 4.78 is 0. The third-order valence-electron chi connectivity index (χ3n) is 1.56. The Morgan fingerprint density at radius 3 is 2.46 bits per heavy atom. The second-order valence-corrected chi connectivity index (χ2v) is 2.86. The summed E-state index contributed by atoms with van der Waals surface area (Å²) in [7, 11) is 0. The van der Waals surface area contributed by atoms with Gasteiger partial charge in [0.1, 0.15) is 6.04 Å². The lowest BCUT2D eigenvalue weighted by Gasteiger charge is -2.25. The first-order chi connectivity index (χ1) is 6.04. The van der Waals surface area contributed by atoms with Crippen molar-refractivity contribution in [3.63, 3.8) is 0 Å². The number of hydrogen-bond acceptors (Lipinski definition) is 3. The van der Waals surface area contributed by atoms with E-state index in [1.54, 1.807) is 0 Å². The first kappa shape index (κ1) is 12.0. The van der Waals surface area contributed by atoms with Gasteiger partial charge in [0.15, 0.2) is 0 Å². The van der Waals surface area contributed by atoms with E-state index < -0.39 is 12.0 Å². The Balaban J connectivity index is 4.57. The molecule has 1 atom stereocenters. The van der Waals surface area contributed by atoms with Crippen molar-refractivity contribution in [3.05, 3.63) is 12.7 Å². The molecule has 0 unspecified atom stereocenters. The van der Waals surface area contributed by atoms with Crippen molar-refractivity contribution in [2.45, 2.75) is 13.0 Å². The largest absolute Gasteiger partial charge is 0.480 e. The molecule has 0 radical (unpaired) electrons. The lowest BCUT2D eigenvalue weighted by molar-refractivity contribution is -0.147. The molecule has 0 aromatic carbocycles. The molecule has 0 aliphatic carbocycles. The molecule has 0 aliphatic rings. The van der Waals surface area contributed by atoms with Crippen molar-refractivity contribution < 1.29 is 14.7 Å². The quantitative estimate of drug-likeness (QED) is 0.502. The van der Waals surface area contributed by atoms with E-state index in [4.69, 9.17) is 5.11 Å². The number of carboxylic acid groups (broad SMARTS) is 1. The number of rotatable bonds is 5. The lowest BCUT2D eigenvalue weighted by Crippen LogP contribution is -2.45. The minimum absolute atomic E-state index is 0.1000. The zero-order valence-electron chi connectivity index (χ0n) is 7.43. The number of aliphatic carboxylic acids is 1. The van der Waals surface area contributed by atoms with Crippen LogP contribution in [0.3, 0.4) is 0 Å². The molecule has 0 rings (SSSR count). The highest BCUT2D eigenvalue weighted by Gasteiger charge is 2.24. The Bertz CT molecular complexity index is 217. The van der Waals surface area contributed by atoms with Gasteiger partial charge in [-0.05, 0) is 0 Å². The molecular weight excluding hydrogens is 190 g/mol. The van der Waals surface area contributed by atoms with Crippen molar-refractivity contribution >= 4 is 24.5 Å². The summed E-state index contributed by atoms with van der Waals surface area (Å²) in [5.41, 5.74) is 0. The van der Waals surface area contributed by atoms with Crippen LogP contribution in [-0.4, -0.2) is 40.2 Å². The maximum absolute atomic E-state index is 11.0. The molecule has 1 N–H and O–H groups in total. The molecule has 0 aliphatic heterocycles. The second kappa shape index (κ2) is 5.64. The Morgan fingerprint density at radius 2 is 2.23 bits per heavy atom. The van der Waals surface area contributed by atoms with Gasteiger partial charge in [-0.3, -0.25) is 4.79 Å². The zero-order valence-corrected chi connectivity index (χ0v) is 8.33. The molecule has 0 saturated heterocycles. The summed E-state index contributed by atoms with van der Waals surface area (Å²) in [6, 6.07) is -0.876. The average Bonchev–Trinajstić information content (AvgIpc) is 2.03. The number of hydrogen-bond donors (Lipinski definition) is 2. The summed E-state index contributed by atoms with van der Waals surface area (Å²) in [5.74, 6) is -1.24. The summed E-state index contributed by atoms with van der Waals surface area (Å²) in [5, 5.41) is 8.74. The predicted octanol–water partition coefficient (Wildman–Crippen LogP) is 0.404. The van der Waals surface area contributed by atoms with Gasteiger partial charge in [-0.2, -0.15) is 12.6 Å². The molecule has 0 saturated carbocycles. The average molecular weight is 203 g/mol. The van der Waals surface area contributed by atoms with E-state index in [-0.39, 0.29) is 18.2 Å². The summed E-state index contributed by atoms with van der Waals surface area (Å²) >= 11 is 3.87. The molecule has 5 heteroatoms. The number of amides is 1. The third-order valence-corrected chi connectivity index (χ3v) is 1.91. The molecule has 13 heavy (non-hydrogen) atoms. The van der Waals surface area contributed by atoms with Crippen LogP contribution < -0.4 is 0 Å². The van der Waals surface area contributed by atoms with E-state index in [2.05, 4.69) is 19.2 Å². The third kappa shape index (κ3) is 3.50. The topological polar surface area (TPSA) is 57.6 Å². The smallest absolute Gasteiger partial charge is 0.327 e. The van der Waals surface area contributed by atoms with Crippen molar-refractivity contribution in [1.29, 1.82) is 0 Å². The van der Waals surface area contributed by atoms with E-state index >= 15 is 0 Å². The van der Waals surface area contributed by atoms with Crippen LogP contribution in [0.5, 0.6) is 0 Å². The van der Waals surface area contributed by atoms with E-state index in [1.807, 2.05) is 0 Å². The Morgan fingerprint density at radius 1 is 1.69 bits per heavy atom. The maximum Gasteiger partial charge on any atom is 0.327 e. The van der Waals surface area contributed by atoms with Crippen LogP contribution in [0, 0.1) is 0 Å². The number of thiol groups is 1. The molecule has 0 aromatic heterocycles. The van der Waals surface area contributed by atoms with E-state index in [0.29, 0.717) is 0 Å². The van der Waals surface area contributed by atoms with Crippen LogP contribution in [0.4, 0.5) is 0 Å². The molecule has 1 amide bonds. The number of carboxylic acids is 1. The van der Waals surface area contributed by atoms with Gasteiger partial charge >= 0.3 is 5.97 Å². The van der Waals surface area contributed by atoms with E-state index in [1.165, 1.54) is 17.9 Å². The molecule has 0 spiro atoms. The normalized spacial score (nSPS) is 11.8. The van der Waals surface area contributed by atoms with Crippen LogP contribution >= 0.6 is 12.6 Å². The molecule has 0 heterocycles. The van der Waals surface area contributed by atoms with E-state index in [9.17, 15) is 9.59 Å². The van der Waals surface area contributed by atoms with Crippen molar-refractivity contribution in [3.8, 4) is 0 Å². The molecule has 0 bridgehead atoms. The van der Waals surface area contributed by atoms with E-state index in [0.717, 1.165) is 0 Å². The van der Waals surface area contributed by atoms with Gasteiger partial charge in [0.2, 0.25) is 5.91 Å². The fraction of sp³-hybridized carbons (Fsp3) is 0.500. The molecule has 74 valence electrons. The lowest BCUT2D eigenvalue weighted by atomic mass is 10.2. The van der Waals surface area contributed by atoms with Crippen LogP contribution in [0.1, 0.15) is 6.92 Å². The standard InChI is InChI=1S/C8H13NO3S/c1-3-4-9(6(2)10)7(5-13)8(11)12/h3,7,13H,1,4-5H2,2H3,(H,11,12)/t7-/m1/s1. The first-order valence-electron chi connectivity index (χ1n) is 3.76. The minimum Gasteiger partial charge on any atom is -0.480 e. The zero-order chi connectivity index (χ0) is 10.4. The van der Waals surface area contributed by atoms with Crippen molar-refractivity contribution in [2.75, 3.05) is 12.3 Å². The van der Waals surface area contributed by atoms with Gasteiger partial charge < -0.3 is 10.0 Å². The fourth-order valence-corrected chi connectivity index (χ4v) is 1.28. The van der Waals surface area contributed by atoms with Crippen LogP contribution in [-0.2, 0) is 9.59 Å². The maximum atomic E-state index is 11.0. The number of carbonyl (C=O) groups is 2. The second-order valence-electron chi connectivity index (χ2n) is 2.50. The highest BCUT2D eigenvalue weighted by Crippen LogP contribution is 2.03. The fourth-order valence-electron chi connectivity index (χ4n) is 0.924. The van der Waals surface area contributed by atoms with Gasteiger partial charge in [0.05, 0.1) is 0 Å². The SMILES string of the molecule is C=CCN(C(C)=O)[C@H](CS)C(=O)O. The number of nitrogens with zero attached hydrogens (tertiary/aromatic N) is 1. The summed E-state index contributed by atoms with van der Waals surface area (Å²) in [6.45, 7) is 5.00. The number of carbonyl (C=O) groups excluding carboxylic acids is 1. The Labute approximate surface area is 82.6 Å². The minimum atomic E-state index is -1.05. The van der Waals surface area contributed by atoms with Crippen molar-refractivity contribution in [2.24, 2.45) is 0 Å². The monoisotopic (exact) mass is 203 g/mol. The highest BCUT2D eigenvalue weighted by molar-refractivity contribution is 7.80. The van der Waals surface area contributed by atoms with Crippen molar-refractivity contribution in [1.82, 2.24) is 4.90 Å². The Kier molecular flexibility index (Phi) is 5.22. The molecule has 0 aromatic rings. The highest BCUT2D eigenvalue weighted by atomic mass is 32.1. The molecule has 0 fully saturated rings. The van der Waals surface area contributed by atoms with Gasteiger partial charge in [0, 0.05) is 19.2 Å². The van der Waals surface area contributed by atoms with Crippen LogP contribution in [0.25, 0.3) is 0 Å². The first-order valence-corrected chi connectivity index (χ1v) is 4.39. The van der Waals surface area contributed by atoms with Crippen LogP contribution in [0.15, 0.2) is 12.7 Å². The van der Waals surface area contributed by atoms with Gasteiger partial charge in [-0.15, -0.1) is 6.58 Å². The van der Waals surface area contributed by atoms with Crippen LogP contribution in [0.2, 0.25) is 0 Å². The Hall–Kier alpha value is -0.970. The van der Waals surface area contributed by atoms with Gasteiger partial charge in [-0.1, -0.05) is 6.08 Å². The predicted molar refractivity (Wildman–Crippen MR) is 52.9 cm³/mol. The van der Waals surface area contributed by atoms with Gasteiger partial charge in [-0.25, -0.2) is 4.79 Å². The molecule has 4 nitrogen and oxygen atoms in total. The summed E-state index contributed by atoms with van der Waals surface area (Å²) in [6.07, 6.45) is 1.49. The molecular formula is C8H13NO3S. The van der Waals surface area contributed by atoms with Gasteiger partial charge in [0.25, 0.3) is 0 Å².